The molecule has 2 N–H and O–H groups in total. The summed E-state index contributed by atoms with van der Waals surface area (Å²) in [5.74, 6) is 0. The van der Waals surface area contributed by atoms with Gasteiger partial charge in [0.05, 0.1) is 18.8 Å². The van der Waals surface area contributed by atoms with Crippen molar-refractivity contribution in [3.8, 4) is 0 Å². The molecule has 1 fully saturated rings. The van der Waals surface area contributed by atoms with Crippen LogP contribution in [0.4, 0.5) is 0 Å². The summed E-state index contributed by atoms with van der Waals surface area (Å²) in [7, 11) is 3.85. The predicted molar refractivity (Wildman–Crippen MR) is 60.9 cm³/mol. The van der Waals surface area contributed by atoms with Gasteiger partial charge in [0.1, 0.15) is 0 Å². The number of hydrogen-bond acceptors (Lipinski definition) is 4. The first-order valence-electron chi connectivity index (χ1n) is 5.72. The molecule has 0 bridgehead atoms. The maximum absolute atomic E-state index is 5.80. The molecule has 0 saturated carbocycles. The van der Waals surface area contributed by atoms with E-state index in [0.717, 1.165) is 26.0 Å². The van der Waals surface area contributed by atoms with Gasteiger partial charge < -0.3 is 15.2 Å². The molecule has 1 rings (SSSR count). The zero-order chi connectivity index (χ0) is 11.3. The Labute approximate surface area is 92.7 Å². The molecule has 0 aliphatic carbocycles. The molecule has 1 aliphatic rings. The highest BCUT2D eigenvalue weighted by Crippen LogP contribution is 2.19. The number of rotatable bonds is 6. The van der Waals surface area contributed by atoms with Gasteiger partial charge in [-0.05, 0) is 26.8 Å². The third-order valence-corrected chi connectivity index (χ3v) is 3.11. The predicted octanol–water partition coefficient (Wildman–Crippen LogP) is 0.459. The molecule has 3 atom stereocenters. The van der Waals surface area contributed by atoms with Crippen molar-refractivity contribution >= 4 is 0 Å². The van der Waals surface area contributed by atoms with Crippen LogP contribution >= 0.6 is 0 Å². The lowest BCUT2D eigenvalue weighted by Crippen LogP contribution is -2.38. The molecule has 0 amide bonds. The number of ether oxygens (including phenoxy) is 2. The third kappa shape index (κ3) is 4.07. The van der Waals surface area contributed by atoms with E-state index >= 15 is 0 Å². The lowest BCUT2D eigenvalue weighted by molar-refractivity contribution is 0.0168. The second-order valence-electron chi connectivity index (χ2n) is 4.44. The zero-order valence-electron chi connectivity index (χ0n) is 10.1. The average molecular weight is 216 g/mol. The molecular formula is C11H24N2O2. The van der Waals surface area contributed by atoms with Crippen LogP contribution in [0.15, 0.2) is 0 Å². The monoisotopic (exact) mass is 216 g/mol. The van der Waals surface area contributed by atoms with E-state index in [4.69, 9.17) is 15.2 Å². The van der Waals surface area contributed by atoms with E-state index in [9.17, 15) is 0 Å². The first-order valence-corrected chi connectivity index (χ1v) is 5.72. The minimum Gasteiger partial charge on any atom is -0.383 e. The minimum absolute atomic E-state index is 0.279. The summed E-state index contributed by atoms with van der Waals surface area (Å²) in [5, 5.41) is 0. The molecule has 0 radical (unpaired) electrons. The summed E-state index contributed by atoms with van der Waals surface area (Å²) in [6.45, 7) is 4.55. The van der Waals surface area contributed by atoms with Gasteiger partial charge in [-0.1, -0.05) is 0 Å². The normalized spacial score (nSPS) is 28.6. The van der Waals surface area contributed by atoms with Gasteiger partial charge in [0, 0.05) is 26.2 Å². The fourth-order valence-corrected chi connectivity index (χ4v) is 1.96. The van der Waals surface area contributed by atoms with Crippen LogP contribution < -0.4 is 5.73 Å². The summed E-state index contributed by atoms with van der Waals surface area (Å²) in [4.78, 5) is 2.28. The van der Waals surface area contributed by atoms with E-state index in [2.05, 4.69) is 18.9 Å². The molecule has 1 saturated heterocycles. The second-order valence-corrected chi connectivity index (χ2v) is 4.44. The van der Waals surface area contributed by atoms with Crippen molar-refractivity contribution < 1.29 is 9.47 Å². The number of likely N-dealkylation sites (N-methyl/N-ethyl adjacent to an activating group) is 1. The SMILES string of the molecule is COCC(C)N(C)CC1CCC(CN)O1. The van der Waals surface area contributed by atoms with Gasteiger partial charge in [-0.25, -0.2) is 0 Å². The Hall–Kier alpha value is -0.160. The highest BCUT2D eigenvalue weighted by molar-refractivity contribution is 4.77. The van der Waals surface area contributed by atoms with Gasteiger partial charge in [-0.2, -0.15) is 0 Å². The number of hydrogen-bond donors (Lipinski definition) is 1. The summed E-state index contributed by atoms with van der Waals surface area (Å²) < 4.78 is 10.9. The molecule has 1 heterocycles. The van der Waals surface area contributed by atoms with E-state index in [1.54, 1.807) is 7.11 Å². The number of nitrogens with zero attached hydrogens (tertiary/aromatic N) is 1. The Morgan fingerprint density at radius 3 is 2.67 bits per heavy atom. The van der Waals surface area contributed by atoms with Crippen LogP contribution in [-0.4, -0.2) is 57.0 Å². The maximum Gasteiger partial charge on any atom is 0.0707 e. The Balaban J connectivity index is 2.23. The Morgan fingerprint density at radius 1 is 1.47 bits per heavy atom. The van der Waals surface area contributed by atoms with Crippen molar-refractivity contribution in [3.63, 3.8) is 0 Å². The third-order valence-electron chi connectivity index (χ3n) is 3.11. The van der Waals surface area contributed by atoms with Gasteiger partial charge in [-0.3, -0.25) is 4.90 Å². The molecule has 0 spiro atoms. The largest absolute Gasteiger partial charge is 0.383 e. The summed E-state index contributed by atoms with van der Waals surface area (Å²) in [6.07, 6.45) is 2.86. The van der Waals surface area contributed by atoms with Crippen molar-refractivity contribution in [3.05, 3.63) is 0 Å². The first-order chi connectivity index (χ1) is 7.17. The van der Waals surface area contributed by atoms with Gasteiger partial charge in [-0.15, -0.1) is 0 Å². The van der Waals surface area contributed by atoms with E-state index < -0.39 is 0 Å². The van der Waals surface area contributed by atoms with Crippen LogP contribution in [0.2, 0.25) is 0 Å². The number of methoxy groups -OCH3 is 1. The topological polar surface area (TPSA) is 47.7 Å². The lowest BCUT2D eigenvalue weighted by Gasteiger charge is -2.26. The quantitative estimate of drug-likeness (QED) is 0.701. The van der Waals surface area contributed by atoms with Gasteiger partial charge in [0.15, 0.2) is 0 Å². The molecule has 0 aromatic heterocycles. The van der Waals surface area contributed by atoms with Crippen molar-refractivity contribution in [2.24, 2.45) is 5.73 Å². The first kappa shape index (κ1) is 12.9. The molecule has 4 nitrogen and oxygen atoms in total. The Bertz CT molecular complexity index is 178. The number of nitrogens with two attached hydrogens (primary N) is 1. The molecule has 0 aromatic carbocycles. The van der Waals surface area contributed by atoms with Crippen LogP contribution in [0.25, 0.3) is 0 Å². The molecular weight excluding hydrogens is 192 g/mol. The molecule has 1 aliphatic heterocycles. The lowest BCUT2D eigenvalue weighted by atomic mass is 10.2. The van der Waals surface area contributed by atoms with E-state index in [1.807, 2.05) is 0 Å². The van der Waals surface area contributed by atoms with Crippen LogP contribution in [0.1, 0.15) is 19.8 Å². The van der Waals surface area contributed by atoms with Crippen LogP contribution in [0, 0.1) is 0 Å². The zero-order valence-corrected chi connectivity index (χ0v) is 10.1. The molecule has 3 unspecified atom stereocenters. The van der Waals surface area contributed by atoms with Gasteiger partial charge >= 0.3 is 0 Å². The summed E-state index contributed by atoms with van der Waals surface area (Å²) in [5.41, 5.74) is 5.58. The summed E-state index contributed by atoms with van der Waals surface area (Å²) in [6, 6.07) is 0.440. The van der Waals surface area contributed by atoms with E-state index in [-0.39, 0.29) is 6.10 Å². The minimum atomic E-state index is 0.279. The molecule has 15 heavy (non-hydrogen) atoms. The van der Waals surface area contributed by atoms with Crippen LogP contribution in [0.5, 0.6) is 0 Å². The fraction of sp³-hybridized carbons (Fsp3) is 1.00. The van der Waals surface area contributed by atoms with Crippen molar-refractivity contribution in [2.45, 2.75) is 38.0 Å². The summed E-state index contributed by atoms with van der Waals surface area (Å²) >= 11 is 0. The van der Waals surface area contributed by atoms with E-state index in [0.29, 0.717) is 18.7 Å². The standard InChI is InChI=1S/C11H24N2O2/c1-9(8-14-3)13(2)7-11-5-4-10(6-12)15-11/h9-11H,4-8,12H2,1-3H3. The maximum atomic E-state index is 5.80. The molecule has 90 valence electrons. The fourth-order valence-electron chi connectivity index (χ4n) is 1.96. The van der Waals surface area contributed by atoms with Crippen LogP contribution in [0.3, 0.4) is 0 Å². The smallest absolute Gasteiger partial charge is 0.0707 e. The van der Waals surface area contributed by atoms with Crippen molar-refractivity contribution in [1.82, 2.24) is 4.90 Å². The van der Waals surface area contributed by atoms with E-state index in [1.165, 1.54) is 0 Å². The second kappa shape index (κ2) is 6.43. The van der Waals surface area contributed by atoms with Crippen LogP contribution in [-0.2, 0) is 9.47 Å². The van der Waals surface area contributed by atoms with Crippen molar-refractivity contribution in [2.75, 3.05) is 33.9 Å². The highest BCUT2D eigenvalue weighted by Gasteiger charge is 2.25. The molecule has 0 aromatic rings. The Kier molecular flexibility index (Phi) is 5.53. The van der Waals surface area contributed by atoms with Gasteiger partial charge in [0.2, 0.25) is 0 Å². The Morgan fingerprint density at radius 2 is 2.13 bits per heavy atom. The van der Waals surface area contributed by atoms with Crippen molar-refractivity contribution in [1.29, 1.82) is 0 Å². The highest BCUT2D eigenvalue weighted by atomic mass is 16.5. The van der Waals surface area contributed by atoms with Gasteiger partial charge in [0.25, 0.3) is 0 Å². The molecule has 4 heteroatoms. The average Bonchev–Trinajstić information content (AvgIpc) is 2.66.